The van der Waals surface area contributed by atoms with E-state index in [9.17, 15) is 0 Å². The molecule has 0 aliphatic rings. The third-order valence-corrected chi connectivity index (χ3v) is 3.21. The van der Waals surface area contributed by atoms with Crippen LogP contribution in [0, 0.1) is 6.92 Å². The van der Waals surface area contributed by atoms with Crippen molar-refractivity contribution in [1.29, 1.82) is 0 Å². The van der Waals surface area contributed by atoms with Gasteiger partial charge in [0.1, 0.15) is 5.75 Å². The minimum atomic E-state index is 0.909. The first kappa shape index (κ1) is 11.2. The fourth-order valence-electron chi connectivity index (χ4n) is 1.70. The van der Waals surface area contributed by atoms with Crippen molar-refractivity contribution in [3.05, 3.63) is 52.5 Å². The molecule has 0 N–H and O–H groups in total. The predicted molar refractivity (Wildman–Crippen MR) is 70.9 cm³/mol. The van der Waals surface area contributed by atoms with Crippen LogP contribution in [0.25, 0.3) is 11.1 Å². The van der Waals surface area contributed by atoms with Gasteiger partial charge >= 0.3 is 0 Å². The number of hydrogen-bond donors (Lipinski definition) is 0. The number of aryl methyl sites for hydroxylation is 1. The van der Waals surface area contributed by atoms with Crippen LogP contribution in [0.4, 0.5) is 0 Å². The van der Waals surface area contributed by atoms with Crippen molar-refractivity contribution in [2.45, 2.75) is 6.92 Å². The van der Waals surface area contributed by atoms with E-state index in [0.29, 0.717) is 0 Å². The van der Waals surface area contributed by atoms with Crippen LogP contribution >= 0.6 is 15.9 Å². The summed E-state index contributed by atoms with van der Waals surface area (Å²) in [6.45, 7) is 2.06. The van der Waals surface area contributed by atoms with E-state index in [2.05, 4.69) is 47.1 Å². The molecule has 0 aliphatic carbocycles. The Kier molecular flexibility index (Phi) is 3.30. The quantitative estimate of drug-likeness (QED) is 0.788. The second-order valence-corrected chi connectivity index (χ2v) is 4.54. The zero-order valence-corrected chi connectivity index (χ0v) is 10.9. The number of ether oxygens (including phenoxy) is 1. The first-order valence-corrected chi connectivity index (χ1v) is 5.91. The number of rotatable bonds is 2. The van der Waals surface area contributed by atoms with Crippen LogP contribution in [0.5, 0.6) is 5.75 Å². The molecule has 82 valence electrons. The fourth-order valence-corrected chi connectivity index (χ4v) is 2.20. The second-order valence-electron chi connectivity index (χ2n) is 3.68. The highest BCUT2D eigenvalue weighted by molar-refractivity contribution is 9.10. The van der Waals surface area contributed by atoms with Gasteiger partial charge in [-0.05, 0) is 30.2 Å². The first-order chi connectivity index (χ1) is 7.72. The molecule has 0 radical (unpaired) electrons. The minimum Gasteiger partial charge on any atom is -0.496 e. The van der Waals surface area contributed by atoms with E-state index in [1.165, 1.54) is 5.56 Å². The Morgan fingerprint density at radius 3 is 2.44 bits per heavy atom. The maximum absolute atomic E-state index is 5.41. The molecule has 0 aromatic heterocycles. The Bertz CT molecular complexity index is 506. The molecular weight excluding hydrogens is 264 g/mol. The summed E-state index contributed by atoms with van der Waals surface area (Å²) in [6, 6.07) is 14.4. The number of halogens is 1. The van der Waals surface area contributed by atoms with Gasteiger partial charge in [-0.1, -0.05) is 46.3 Å². The molecule has 0 atom stereocenters. The van der Waals surface area contributed by atoms with Crippen molar-refractivity contribution >= 4 is 15.9 Å². The van der Waals surface area contributed by atoms with Crippen molar-refractivity contribution in [3.63, 3.8) is 0 Å². The minimum absolute atomic E-state index is 0.909. The Morgan fingerprint density at radius 1 is 1.00 bits per heavy atom. The van der Waals surface area contributed by atoms with Gasteiger partial charge in [0.2, 0.25) is 0 Å². The van der Waals surface area contributed by atoms with E-state index in [0.717, 1.165) is 21.3 Å². The number of methoxy groups -OCH3 is 1. The zero-order chi connectivity index (χ0) is 11.5. The van der Waals surface area contributed by atoms with Crippen LogP contribution in [-0.2, 0) is 0 Å². The molecule has 1 nitrogen and oxygen atoms in total. The van der Waals surface area contributed by atoms with Gasteiger partial charge in [-0.25, -0.2) is 0 Å². The molecule has 2 rings (SSSR count). The molecule has 0 amide bonds. The standard InChI is InChI=1S/C14H13BrO/c1-10-7-8-12(14(9-10)16-2)11-5-3-4-6-13(11)15/h3-9H,1-2H3. The second kappa shape index (κ2) is 4.71. The van der Waals surface area contributed by atoms with Crippen molar-refractivity contribution in [1.82, 2.24) is 0 Å². The lowest BCUT2D eigenvalue weighted by molar-refractivity contribution is 0.416. The Hall–Kier alpha value is -1.28. The molecule has 0 fully saturated rings. The van der Waals surface area contributed by atoms with Crippen molar-refractivity contribution in [3.8, 4) is 16.9 Å². The van der Waals surface area contributed by atoms with Crippen molar-refractivity contribution < 1.29 is 4.74 Å². The van der Waals surface area contributed by atoms with Crippen LogP contribution in [0.2, 0.25) is 0 Å². The van der Waals surface area contributed by atoms with Gasteiger partial charge < -0.3 is 4.74 Å². The highest BCUT2D eigenvalue weighted by Gasteiger charge is 2.08. The summed E-state index contributed by atoms with van der Waals surface area (Å²) in [7, 11) is 1.70. The van der Waals surface area contributed by atoms with E-state index in [-0.39, 0.29) is 0 Å². The molecule has 2 aromatic carbocycles. The lowest BCUT2D eigenvalue weighted by atomic mass is 10.0. The largest absolute Gasteiger partial charge is 0.496 e. The Labute approximate surface area is 104 Å². The molecule has 0 saturated carbocycles. The molecule has 0 unspecified atom stereocenters. The lowest BCUT2D eigenvalue weighted by Gasteiger charge is -2.10. The maximum atomic E-state index is 5.41. The lowest BCUT2D eigenvalue weighted by Crippen LogP contribution is -1.89. The molecule has 0 saturated heterocycles. The van der Waals surface area contributed by atoms with Gasteiger partial charge in [-0.3, -0.25) is 0 Å². The Morgan fingerprint density at radius 2 is 1.75 bits per heavy atom. The van der Waals surface area contributed by atoms with Gasteiger partial charge in [-0.15, -0.1) is 0 Å². The summed E-state index contributed by atoms with van der Waals surface area (Å²) in [6.07, 6.45) is 0. The third kappa shape index (κ3) is 2.12. The number of benzene rings is 2. The first-order valence-electron chi connectivity index (χ1n) is 5.12. The molecule has 0 bridgehead atoms. The topological polar surface area (TPSA) is 9.23 Å². The molecule has 0 aliphatic heterocycles. The fraction of sp³-hybridized carbons (Fsp3) is 0.143. The molecule has 2 heteroatoms. The summed E-state index contributed by atoms with van der Waals surface area (Å²) in [5.74, 6) is 0.909. The van der Waals surface area contributed by atoms with E-state index >= 15 is 0 Å². The van der Waals surface area contributed by atoms with Crippen molar-refractivity contribution in [2.24, 2.45) is 0 Å². The van der Waals surface area contributed by atoms with E-state index < -0.39 is 0 Å². The molecule has 2 aromatic rings. The smallest absolute Gasteiger partial charge is 0.126 e. The zero-order valence-electron chi connectivity index (χ0n) is 9.33. The maximum Gasteiger partial charge on any atom is 0.126 e. The summed E-state index contributed by atoms with van der Waals surface area (Å²) < 4.78 is 6.50. The van der Waals surface area contributed by atoms with E-state index in [1.807, 2.05) is 18.2 Å². The van der Waals surface area contributed by atoms with Gasteiger partial charge in [0, 0.05) is 10.0 Å². The van der Waals surface area contributed by atoms with Gasteiger partial charge in [-0.2, -0.15) is 0 Å². The highest BCUT2D eigenvalue weighted by atomic mass is 79.9. The normalized spacial score (nSPS) is 10.2. The average Bonchev–Trinajstić information content (AvgIpc) is 2.30. The van der Waals surface area contributed by atoms with E-state index in [4.69, 9.17) is 4.74 Å². The summed E-state index contributed by atoms with van der Waals surface area (Å²) in [5.41, 5.74) is 3.47. The average molecular weight is 277 g/mol. The van der Waals surface area contributed by atoms with E-state index in [1.54, 1.807) is 7.11 Å². The summed E-state index contributed by atoms with van der Waals surface area (Å²) in [5, 5.41) is 0. The van der Waals surface area contributed by atoms with Crippen LogP contribution < -0.4 is 4.74 Å². The van der Waals surface area contributed by atoms with Crippen LogP contribution in [0.1, 0.15) is 5.56 Å². The molecule has 0 spiro atoms. The van der Waals surface area contributed by atoms with Gasteiger partial charge in [0.05, 0.1) is 7.11 Å². The van der Waals surface area contributed by atoms with Crippen molar-refractivity contribution in [2.75, 3.05) is 7.11 Å². The van der Waals surface area contributed by atoms with Gasteiger partial charge in [0.25, 0.3) is 0 Å². The molecule has 16 heavy (non-hydrogen) atoms. The predicted octanol–water partition coefficient (Wildman–Crippen LogP) is 4.43. The Balaban J connectivity index is 2.60. The summed E-state index contributed by atoms with van der Waals surface area (Å²) in [4.78, 5) is 0. The molecule has 0 heterocycles. The molecular formula is C14H13BrO. The summed E-state index contributed by atoms with van der Waals surface area (Å²) >= 11 is 3.56. The van der Waals surface area contributed by atoms with Crippen LogP contribution in [0.15, 0.2) is 46.9 Å². The third-order valence-electron chi connectivity index (χ3n) is 2.52. The SMILES string of the molecule is COc1cc(C)ccc1-c1ccccc1Br. The highest BCUT2D eigenvalue weighted by Crippen LogP contribution is 2.35. The van der Waals surface area contributed by atoms with Crippen LogP contribution in [-0.4, -0.2) is 7.11 Å². The number of hydrogen-bond acceptors (Lipinski definition) is 1. The van der Waals surface area contributed by atoms with Crippen LogP contribution in [0.3, 0.4) is 0 Å². The monoisotopic (exact) mass is 276 g/mol. The van der Waals surface area contributed by atoms with Gasteiger partial charge in [0.15, 0.2) is 0 Å².